The Bertz CT molecular complexity index is 485. The van der Waals surface area contributed by atoms with Crippen LogP contribution in [0.4, 0.5) is 0 Å². The first kappa shape index (κ1) is 13.7. The highest BCUT2D eigenvalue weighted by Crippen LogP contribution is 2.24. The predicted octanol–water partition coefficient (Wildman–Crippen LogP) is 2.56. The molecule has 0 fully saturated rings. The van der Waals surface area contributed by atoms with Crippen molar-refractivity contribution in [2.75, 3.05) is 0 Å². The number of benzene rings is 1. The van der Waals surface area contributed by atoms with Crippen LogP contribution >= 0.6 is 0 Å². The van der Waals surface area contributed by atoms with Crippen LogP contribution < -0.4 is 0 Å². The van der Waals surface area contributed by atoms with Gasteiger partial charge >= 0.3 is 5.97 Å². The summed E-state index contributed by atoms with van der Waals surface area (Å²) in [4.78, 5) is 11.8. The highest BCUT2D eigenvalue weighted by atomic mass is 16.5. The van der Waals surface area contributed by atoms with E-state index < -0.39 is 11.4 Å². The molecule has 0 radical (unpaired) electrons. The molecule has 1 rings (SSSR count). The van der Waals surface area contributed by atoms with Crippen LogP contribution in [0.5, 0.6) is 0 Å². The summed E-state index contributed by atoms with van der Waals surface area (Å²) < 4.78 is 5.11. The summed E-state index contributed by atoms with van der Waals surface area (Å²) in [5.74, 6) is -0.580. The lowest BCUT2D eigenvalue weighted by Crippen LogP contribution is -2.28. The number of esters is 1. The molecular weight excluding hydrogens is 228 g/mol. The van der Waals surface area contributed by atoms with Crippen molar-refractivity contribution in [1.82, 2.24) is 0 Å². The lowest BCUT2D eigenvalue weighted by Gasteiger charge is -2.18. The number of rotatable bonds is 5. The Kier molecular flexibility index (Phi) is 4.90. The third-order valence-electron chi connectivity index (χ3n) is 2.65. The summed E-state index contributed by atoms with van der Waals surface area (Å²) in [6.45, 7) is 1.64. The number of ether oxygens (including phenoxy) is 1. The van der Waals surface area contributed by atoms with E-state index in [1.165, 1.54) is 6.92 Å². The van der Waals surface area contributed by atoms with Crippen LogP contribution in [0.1, 0.15) is 25.3 Å². The van der Waals surface area contributed by atoms with Gasteiger partial charge in [0.2, 0.25) is 0 Å². The van der Waals surface area contributed by atoms with E-state index in [4.69, 9.17) is 15.3 Å². The molecule has 0 aliphatic heterocycles. The number of nitriles is 2. The Balaban J connectivity index is 2.59. The van der Waals surface area contributed by atoms with E-state index in [0.717, 1.165) is 5.56 Å². The van der Waals surface area contributed by atoms with Gasteiger partial charge in [0.15, 0.2) is 5.41 Å². The van der Waals surface area contributed by atoms with Crippen LogP contribution in [0, 0.1) is 28.1 Å². The van der Waals surface area contributed by atoms with Crippen LogP contribution in [0.2, 0.25) is 0 Å². The summed E-state index contributed by atoms with van der Waals surface area (Å²) in [5.41, 5.74) is -0.378. The second-order valence-corrected chi connectivity index (χ2v) is 4.16. The minimum Gasteiger partial charge on any atom is -0.460 e. The minimum absolute atomic E-state index is 0.142. The van der Waals surface area contributed by atoms with E-state index in [1.807, 2.05) is 42.5 Å². The molecule has 0 aliphatic carbocycles. The average molecular weight is 242 g/mol. The van der Waals surface area contributed by atoms with Gasteiger partial charge in [0, 0.05) is 6.42 Å². The molecule has 0 aliphatic rings. The Morgan fingerprint density at radius 2 is 2.00 bits per heavy atom. The monoisotopic (exact) mass is 242 g/mol. The topological polar surface area (TPSA) is 73.9 Å². The second kappa shape index (κ2) is 6.42. The smallest absolute Gasteiger partial charge is 0.326 e. The van der Waals surface area contributed by atoms with Crippen molar-refractivity contribution in [2.45, 2.75) is 26.4 Å². The van der Waals surface area contributed by atoms with E-state index >= 15 is 0 Å². The minimum atomic E-state index is -1.25. The van der Waals surface area contributed by atoms with Gasteiger partial charge in [-0.15, -0.1) is 0 Å². The number of nitrogens with zero attached hydrogens (tertiary/aromatic N) is 2. The van der Waals surface area contributed by atoms with E-state index in [0.29, 0.717) is 0 Å². The van der Waals surface area contributed by atoms with E-state index in [2.05, 4.69) is 0 Å². The molecule has 18 heavy (non-hydrogen) atoms. The van der Waals surface area contributed by atoms with Crippen molar-refractivity contribution in [3.8, 4) is 12.1 Å². The zero-order valence-corrected chi connectivity index (χ0v) is 10.2. The maximum Gasteiger partial charge on any atom is 0.326 e. The van der Waals surface area contributed by atoms with Gasteiger partial charge in [-0.25, -0.2) is 0 Å². The Hall–Kier alpha value is -2.33. The Labute approximate surface area is 106 Å². The number of hydrogen-bond acceptors (Lipinski definition) is 4. The maximum atomic E-state index is 11.8. The molecule has 0 aromatic heterocycles. The Morgan fingerprint density at radius 1 is 1.33 bits per heavy atom. The molecule has 0 heterocycles. The molecule has 92 valence electrons. The fourth-order valence-electron chi connectivity index (χ4n) is 1.39. The fraction of sp³-hybridized carbons (Fsp3) is 0.357. The van der Waals surface area contributed by atoms with Crippen LogP contribution in [0.3, 0.4) is 0 Å². The molecule has 0 saturated heterocycles. The molecule has 0 N–H and O–H groups in total. The Morgan fingerprint density at radius 3 is 2.56 bits per heavy atom. The maximum absolute atomic E-state index is 11.8. The van der Waals surface area contributed by atoms with Gasteiger partial charge in [-0.1, -0.05) is 30.3 Å². The molecule has 1 aromatic carbocycles. The lowest BCUT2D eigenvalue weighted by molar-refractivity contribution is -0.153. The summed E-state index contributed by atoms with van der Waals surface area (Å²) in [5, 5.41) is 17.5. The summed E-state index contributed by atoms with van der Waals surface area (Å²) in [6, 6.07) is 13.1. The zero-order chi connectivity index (χ0) is 13.4. The van der Waals surface area contributed by atoms with Gasteiger partial charge < -0.3 is 4.74 Å². The van der Waals surface area contributed by atoms with E-state index in [-0.39, 0.29) is 19.4 Å². The SMILES string of the molecule is CC(C#N)(CCC#N)C(=O)OCc1ccccc1. The largest absolute Gasteiger partial charge is 0.460 e. The summed E-state index contributed by atoms with van der Waals surface area (Å²) >= 11 is 0. The van der Waals surface area contributed by atoms with Crippen molar-refractivity contribution in [3.63, 3.8) is 0 Å². The second-order valence-electron chi connectivity index (χ2n) is 4.16. The molecule has 1 atom stereocenters. The average Bonchev–Trinajstić information content (AvgIpc) is 2.43. The fourth-order valence-corrected chi connectivity index (χ4v) is 1.39. The first-order valence-electron chi connectivity index (χ1n) is 5.62. The zero-order valence-electron chi connectivity index (χ0n) is 10.2. The van der Waals surface area contributed by atoms with E-state index in [1.54, 1.807) is 0 Å². The van der Waals surface area contributed by atoms with Crippen LogP contribution in [-0.2, 0) is 16.1 Å². The van der Waals surface area contributed by atoms with Gasteiger partial charge in [-0.05, 0) is 18.9 Å². The quantitative estimate of drug-likeness (QED) is 0.744. The molecule has 4 nitrogen and oxygen atoms in total. The molecule has 0 bridgehead atoms. The highest BCUT2D eigenvalue weighted by molar-refractivity contribution is 5.79. The third-order valence-corrected chi connectivity index (χ3v) is 2.65. The number of carbonyl (C=O) groups is 1. The molecular formula is C14H14N2O2. The summed E-state index contributed by atoms with van der Waals surface area (Å²) in [6.07, 6.45) is 0.345. The first-order valence-corrected chi connectivity index (χ1v) is 5.62. The van der Waals surface area contributed by atoms with Gasteiger partial charge in [-0.2, -0.15) is 10.5 Å². The third kappa shape index (κ3) is 3.61. The lowest BCUT2D eigenvalue weighted by atomic mass is 9.87. The van der Waals surface area contributed by atoms with Gasteiger partial charge in [0.25, 0.3) is 0 Å². The van der Waals surface area contributed by atoms with Crippen molar-refractivity contribution >= 4 is 5.97 Å². The molecule has 0 saturated carbocycles. The summed E-state index contributed by atoms with van der Waals surface area (Å²) in [7, 11) is 0. The van der Waals surface area contributed by atoms with Crippen molar-refractivity contribution in [1.29, 1.82) is 10.5 Å². The molecule has 1 unspecified atom stereocenters. The van der Waals surface area contributed by atoms with E-state index in [9.17, 15) is 4.79 Å². The van der Waals surface area contributed by atoms with Gasteiger partial charge in [0.1, 0.15) is 6.61 Å². The molecule has 0 amide bonds. The highest BCUT2D eigenvalue weighted by Gasteiger charge is 2.34. The standard InChI is InChI=1S/C14H14N2O2/c1-14(11-16,8-5-9-15)13(17)18-10-12-6-3-2-4-7-12/h2-4,6-7H,5,8,10H2,1H3. The van der Waals surface area contributed by atoms with Crippen molar-refractivity contribution < 1.29 is 9.53 Å². The van der Waals surface area contributed by atoms with Gasteiger partial charge in [0.05, 0.1) is 12.1 Å². The normalized spacial score (nSPS) is 12.8. The number of carbonyl (C=O) groups excluding carboxylic acids is 1. The molecule has 0 spiro atoms. The molecule has 4 heteroatoms. The van der Waals surface area contributed by atoms with Crippen molar-refractivity contribution in [2.24, 2.45) is 5.41 Å². The number of hydrogen-bond donors (Lipinski definition) is 0. The van der Waals surface area contributed by atoms with Crippen LogP contribution in [0.25, 0.3) is 0 Å². The molecule has 1 aromatic rings. The van der Waals surface area contributed by atoms with Crippen LogP contribution in [0.15, 0.2) is 30.3 Å². The van der Waals surface area contributed by atoms with Crippen LogP contribution in [-0.4, -0.2) is 5.97 Å². The first-order chi connectivity index (χ1) is 8.62. The predicted molar refractivity (Wildman–Crippen MR) is 64.8 cm³/mol. The van der Waals surface area contributed by atoms with Crippen molar-refractivity contribution in [3.05, 3.63) is 35.9 Å². The van der Waals surface area contributed by atoms with Gasteiger partial charge in [-0.3, -0.25) is 4.79 Å².